The number of carboxylic acid groups (broad SMARTS) is 1. The standard InChI is InChI=1S/C19H24N2O6/c1-3-11(2)17(19(24)25)20-18(23)12-8-16(22)21(10-12)13-4-5-14-15(9-13)27-7-6-26-14/h4-5,9,11-12,17H,3,6-8,10H2,1-2H3,(H,20,23)(H,24,25). The van der Waals surface area contributed by atoms with E-state index < -0.39 is 23.8 Å². The zero-order valence-electron chi connectivity index (χ0n) is 15.4. The highest BCUT2D eigenvalue weighted by molar-refractivity contribution is 6.01. The molecule has 0 radical (unpaired) electrons. The molecule has 3 unspecified atom stereocenters. The molecule has 27 heavy (non-hydrogen) atoms. The van der Waals surface area contributed by atoms with Gasteiger partial charge in [0.25, 0.3) is 0 Å². The summed E-state index contributed by atoms with van der Waals surface area (Å²) in [5.74, 6) is -1.23. The molecule has 2 amide bonds. The third-order valence-electron chi connectivity index (χ3n) is 5.11. The summed E-state index contributed by atoms with van der Waals surface area (Å²) in [6.45, 7) is 4.78. The van der Waals surface area contributed by atoms with Gasteiger partial charge in [-0.2, -0.15) is 0 Å². The van der Waals surface area contributed by atoms with Crippen LogP contribution in [-0.2, 0) is 14.4 Å². The molecule has 0 aliphatic carbocycles. The van der Waals surface area contributed by atoms with Crippen LogP contribution in [-0.4, -0.2) is 48.7 Å². The first-order valence-corrected chi connectivity index (χ1v) is 9.14. The van der Waals surface area contributed by atoms with Gasteiger partial charge in [0.1, 0.15) is 19.3 Å². The SMILES string of the molecule is CCC(C)C(NC(=O)C1CC(=O)N(c2ccc3c(c2)OCCO3)C1)C(=O)O. The van der Waals surface area contributed by atoms with Crippen molar-refractivity contribution in [3.05, 3.63) is 18.2 Å². The molecule has 2 heterocycles. The van der Waals surface area contributed by atoms with Crippen molar-refractivity contribution in [2.24, 2.45) is 11.8 Å². The van der Waals surface area contributed by atoms with Gasteiger partial charge in [0, 0.05) is 24.7 Å². The fourth-order valence-corrected chi connectivity index (χ4v) is 3.29. The van der Waals surface area contributed by atoms with Crippen molar-refractivity contribution in [2.75, 3.05) is 24.7 Å². The Morgan fingerprint density at radius 2 is 2.00 bits per heavy atom. The molecule has 8 nitrogen and oxygen atoms in total. The van der Waals surface area contributed by atoms with Crippen LogP contribution in [0.15, 0.2) is 18.2 Å². The summed E-state index contributed by atoms with van der Waals surface area (Å²) in [5, 5.41) is 11.9. The van der Waals surface area contributed by atoms with Crippen LogP contribution in [0.1, 0.15) is 26.7 Å². The van der Waals surface area contributed by atoms with E-state index in [0.717, 1.165) is 0 Å². The number of benzene rings is 1. The van der Waals surface area contributed by atoms with Gasteiger partial charge in [-0.3, -0.25) is 9.59 Å². The number of ether oxygens (including phenoxy) is 2. The lowest BCUT2D eigenvalue weighted by Crippen LogP contribution is -2.47. The van der Waals surface area contributed by atoms with E-state index in [9.17, 15) is 19.5 Å². The quantitative estimate of drug-likeness (QED) is 0.778. The van der Waals surface area contributed by atoms with E-state index >= 15 is 0 Å². The van der Waals surface area contributed by atoms with Crippen LogP contribution < -0.4 is 19.7 Å². The number of carbonyl (C=O) groups is 3. The number of hydrogen-bond acceptors (Lipinski definition) is 5. The lowest BCUT2D eigenvalue weighted by molar-refractivity contribution is -0.143. The van der Waals surface area contributed by atoms with Gasteiger partial charge < -0.3 is 24.8 Å². The number of amides is 2. The van der Waals surface area contributed by atoms with Gasteiger partial charge in [-0.1, -0.05) is 20.3 Å². The second-order valence-corrected chi connectivity index (χ2v) is 6.94. The predicted molar refractivity (Wildman–Crippen MR) is 96.9 cm³/mol. The van der Waals surface area contributed by atoms with E-state index in [2.05, 4.69) is 5.32 Å². The fraction of sp³-hybridized carbons (Fsp3) is 0.526. The first kappa shape index (κ1) is 19.0. The molecule has 146 valence electrons. The third-order valence-corrected chi connectivity index (χ3v) is 5.11. The Bertz CT molecular complexity index is 750. The lowest BCUT2D eigenvalue weighted by atomic mass is 9.98. The van der Waals surface area contributed by atoms with Crippen LogP contribution in [0.3, 0.4) is 0 Å². The molecular formula is C19H24N2O6. The Labute approximate surface area is 157 Å². The number of anilines is 1. The predicted octanol–water partition coefficient (Wildman–Crippen LogP) is 1.43. The Balaban J connectivity index is 1.69. The average molecular weight is 376 g/mol. The number of aliphatic carboxylic acids is 1. The van der Waals surface area contributed by atoms with Crippen molar-refractivity contribution in [3.63, 3.8) is 0 Å². The van der Waals surface area contributed by atoms with Crippen molar-refractivity contribution < 1.29 is 29.0 Å². The molecule has 3 rings (SSSR count). The van der Waals surface area contributed by atoms with Crippen molar-refractivity contribution in [3.8, 4) is 11.5 Å². The number of rotatable bonds is 6. The largest absolute Gasteiger partial charge is 0.486 e. The van der Waals surface area contributed by atoms with E-state index in [-0.39, 0.29) is 24.8 Å². The highest BCUT2D eigenvalue weighted by atomic mass is 16.6. The van der Waals surface area contributed by atoms with Crippen LogP contribution in [0.25, 0.3) is 0 Å². The molecule has 3 atom stereocenters. The van der Waals surface area contributed by atoms with Crippen molar-refractivity contribution in [1.29, 1.82) is 0 Å². The summed E-state index contributed by atoms with van der Waals surface area (Å²) in [7, 11) is 0. The number of nitrogens with zero attached hydrogens (tertiary/aromatic N) is 1. The summed E-state index contributed by atoms with van der Waals surface area (Å²) >= 11 is 0. The normalized spacial score (nSPS) is 20.9. The van der Waals surface area contributed by atoms with E-state index in [1.54, 1.807) is 25.1 Å². The maximum absolute atomic E-state index is 12.5. The Kier molecular flexibility index (Phi) is 5.53. The van der Waals surface area contributed by atoms with Crippen molar-refractivity contribution >= 4 is 23.5 Å². The second kappa shape index (κ2) is 7.85. The fourth-order valence-electron chi connectivity index (χ4n) is 3.29. The topological polar surface area (TPSA) is 105 Å². The summed E-state index contributed by atoms with van der Waals surface area (Å²) < 4.78 is 11.0. The number of nitrogens with one attached hydrogen (secondary N) is 1. The van der Waals surface area contributed by atoms with Crippen LogP contribution in [0.5, 0.6) is 11.5 Å². The van der Waals surface area contributed by atoms with Gasteiger partial charge in [-0.05, 0) is 18.1 Å². The summed E-state index contributed by atoms with van der Waals surface area (Å²) in [5.41, 5.74) is 0.635. The Hall–Kier alpha value is -2.77. The van der Waals surface area contributed by atoms with Crippen LogP contribution >= 0.6 is 0 Å². The molecule has 1 fully saturated rings. The van der Waals surface area contributed by atoms with Gasteiger partial charge in [-0.25, -0.2) is 4.79 Å². The number of carboxylic acids is 1. The van der Waals surface area contributed by atoms with Gasteiger partial charge >= 0.3 is 5.97 Å². The number of fused-ring (bicyclic) bond motifs is 1. The van der Waals surface area contributed by atoms with E-state index in [0.29, 0.717) is 36.8 Å². The molecule has 0 saturated carbocycles. The van der Waals surface area contributed by atoms with Crippen molar-refractivity contribution in [1.82, 2.24) is 5.32 Å². The minimum atomic E-state index is -1.06. The smallest absolute Gasteiger partial charge is 0.326 e. The van der Waals surface area contributed by atoms with Gasteiger partial charge in [0.15, 0.2) is 11.5 Å². The third kappa shape index (κ3) is 3.99. The molecule has 8 heteroatoms. The minimum absolute atomic E-state index is 0.0487. The molecule has 2 aliphatic rings. The summed E-state index contributed by atoms with van der Waals surface area (Å²) in [6, 6.07) is 4.27. The monoisotopic (exact) mass is 376 g/mol. The Morgan fingerprint density at radius 3 is 2.67 bits per heavy atom. The molecular weight excluding hydrogens is 352 g/mol. The molecule has 1 aromatic carbocycles. The van der Waals surface area contributed by atoms with Crippen LogP contribution in [0.2, 0.25) is 0 Å². The van der Waals surface area contributed by atoms with Gasteiger partial charge in [0.2, 0.25) is 11.8 Å². The molecule has 0 bridgehead atoms. The van der Waals surface area contributed by atoms with Gasteiger partial charge in [-0.15, -0.1) is 0 Å². The molecule has 0 spiro atoms. The van der Waals surface area contributed by atoms with Gasteiger partial charge in [0.05, 0.1) is 5.92 Å². The zero-order chi connectivity index (χ0) is 19.6. The average Bonchev–Trinajstić information content (AvgIpc) is 3.06. The van der Waals surface area contributed by atoms with E-state index in [1.165, 1.54) is 4.90 Å². The molecule has 0 aromatic heterocycles. The molecule has 1 aromatic rings. The van der Waals surface area contributed by atoms with Crippen LogP contribution in [0, 0.1) is 11.8 Å². The Morgan fingerprint density at radius 1 is 1.30 bits per heavy atom. The first-order chi connectivity index (χ1) is 12.9. The minimum Gasteiger partial charge on any atom is -0.486 e. The second-order valence-electron chi connectivity index (χ2n) is 6.94. The highest BCUT2D eigenvalue weighted by Crippen LogP contribution is 2.36. The summed E-state index contributed by atoms with van der Waals surface area (Å²) in [4.78, 5) is 37.9. The number of carbonyl (C=O) groups excluding carboxylic acids is 2. The lowest BCUT2D eigenvalue weighted by Gasteiger charge is -2.23. The maximum Gasteiger partial charge on any atom is 0.326 e. The zero-order valence-corrected chi connectivity index (χ0v) is 15.4. The molecule has 2 N–H and O–H groups in total. The van der Waals surface area contributed by atoms with E-state index in [1.807, 2.05) is 6.92 Å². The number of hydrogen-bond donors (Lipinski definition) is 2. The molecule has 2 aliphatic heterocycles. The highest BCUT2D eigenvalue weighted by Gasteiger charge is 2.37. The molecule has 1 saturated heterocycles. The first-order valence-electron chi connectivity index (χ1n) is 9.14. The van der Waals surface area contributed by atoms with Crippen LogP contribution in [0.4, 0.5) is 5.69 Å². The maximum atomic E-state index is 12.5. The van der Waals surface area contributed by atoms with Crippen molar-refractivity contribution in [2.45, 2.75) is 32.7 Å². The summed E-state index contributed by atoms with van der Waals surface area (Å²) in [6.07, 6.45) is 0.678. The van der Waals surface area contributed by atoms with E-state index in [4.69, 9.17) is 9.47 Å².